The second kappa shape index (κ2) is 6.65. The number of piperidine rings is 1. The van der Waals surface area contributed by atoms with E-state index >= 15 is 0 Å². The van der Waals surface area contributed by atoms with Gasteiger partial charge in [0.15, 0.2) is 11.6 Å². The van der Waals surface area contributed by atoms with Crippen LogP contribution in [-0.2, 0) is 6.42 Å². The van der Waals surface area contributed by atoms with E-state index in [1.807, 2.05) is 0 Å². The first-order valence-electron chi connectivity index (χ1n) is 6.71. The Kier molecular flexibility index (Phi) is 4.89. The highest BCUT2D eigenvalue weighted by molar-refractivity contribution is 5.74. The number of halogens is 2. The van der Waals surface area contributed by atoms with Crippen molar-refractivity contribution in [2.75, 3.05) is 19.6 Å². The van der Waals surface area contributed by atoms with E-state index in [0.717, 1.165) is 25.0 Å². The van der Waals surface area contributed by atoms with Crippen molar-refractivity contribution in [3.63, 3.8) is 0 Å². The van der Waals surface area contributed by atoms with Gasteiger partial charge in [-0.2, -0.15) is 0 Å². The molecule has 2 N–H and O–H groups in total. The number of aliphatic hydroxyl groups is 1. The molecule has 1 saturated heterocycles. The predicted octanol–water partition coefficient (Wildman–Crippen LogP) is 1.67. The minimum absolute atomic E-state index is 0.230. The van der Waals surface area contributed by atoms with Crippen molar-refractivity contribution in [2.45, 2.75) is 25.4 Å². The number of carbonyl (C=O) groups is 1. The normalized spacial score (nSPS) is 18.9. The molecule has 1 aromatic rings. The zero-order valence-electron chi connectivity index (χ0n) is 11.1. The Hall–Kier alpha value is -1.69. The van der Waals surface area contributed by atoms with Crippen LogP contribution < -0.4 is 5.32 Å². The van der Waals surface area contributed by atoms with E-state index in [4.69, 9.17) is 0 Å². The lowest BCUT2D eigenvalue weighted by Gasteiger charge is -2.30. The Balaban J connectivity index is 1.77. The summed E-state index contributed by atoms with van der Waals surface area (Å²) >= 11 is 0. The van der Waals surface area contributed by atoms with Crippen molar-refractivity contribution in [3.8, 4) is 0 Å². The van der Waals surface area contributed by atoms with Crippen molar-refractivity contribution in [1.29, 1.82) is 0 Å². The average molecular weight is 284 g/mol. The van der Waals surface area contributed by atoms with Crippen LogP contribution in [0.3, 0.4) is 0 Å². The monoisotopic (exact) mass is 284 g/mol. The predicted molar refractivity (Wildman–Crippen MR) is 70.3 cm³/mol. The Morgan fingerprint density at radius 3 is 2.90 bits per heavy atom. The number of likely N-dealkylation sites (tertiary alicyclic amines) is 1. The number of hydrogen-bond donors (Lipinski definition) is 2. The molecule has 1 aliphatic heterocycles. The number of hydrogen-bond acceptors (Lipinski definition) is 2. The third kappa shape index (κ3) is 3.90. The van der Waals surface area contributed by atoms with Gasteiger partial charge in [-0.05, 0) is 37.0 Å². The van der Waals surface area contributed by atoms with Gasteiger partial charge in [-0.3, -0.25) is 0 Å². The highest BCUT2D eigenvalue weighted by Crippen LogP contribution is 2.10. The van der Waals surface area contributed by atoms with Crippen LogP contribution in [0.5, 0.6) is 0 Å². The lowest BCUT2D eigenvalue weighted by Crippen LogP contribution is -2.47. The van der Waals surface area contributed by atoms with Gasteiger partial charge in [0.25, 0.3) is 0 Å². The van der Waals surface area contributed by atoms with Crippen LogP contribution in [0.15, 0.2) is 18.2 Å². The summed E-state index contributed by atoms with van der Waals surface area (Å²) in [6.07, 6.45) is 1.48. The fourth-order valence-corrected chi connectivity index (χ4v) is 2.26. The SMILES string of the molecule is O=C(NCCc1ccc(F)c(F)c1)N1CCC[C@@H](O)C1. The van der Waals surface area contributed by atoms with Crippen molar-refractivity contribution in [3.05, 3.63) is 35.4 Å². The number of benzene rings is 1. The minimum atomic E-state index is -0.882. The molecule has 0 unspecified atom stereocenters. The largest absolute Gasteiger partial charge is 0.391 e. The number of β-amino-alcohol motifs (C(OH)–C–C–N with tert-alkyl or cyclic N) is 1. The summed E-state index contributed by atoms with van der Waals surface area (Å²) in [5, 5.41) is 12.2. The zero-order valence-corrected chi connectivity index (χ0v) is 11.1. The summed E-state index contributed by atoms with van der Waals surface area (Å²) in [6.45, 7) is 1.32. The van der Waals surface area contributed by atoms with E-state index in [1.54, 1.807) is 4.90 Å². The van der Waals surface area contributed by atoms with Gasteiger partial charge in [-0.15, -0.1) is 0 Å². The summed E-state index contributed by atoms with van der Waals surface area (Å²) < 4.78 is 25.8. The first-order chi connectivity index (χ1) is 9.56. The molecule has 1 fully saturated rings. The van der Waals surface area contributed by atoms with Crippen LogP contribution in [0.25, 0.3) is 0 Å². The molecule has 20 heavy (non-hydrogen) atoms. The lowest BCUT2D eigenvalue weighted by molar-refractivity contribution is 0.0843. The number of urea groups is 1. The molecule has 0 aromatic heterocycles. The number of nitrogens with one attached hydrogen (secondary N) is 1. The van der Waals surface area contributed by atoms with Crippen molar-refractivity contribution >= 4 is 6.03 Å². The van der Waals surface area contributed by atoms with Crippen LogP contribution in [0.2, 0.25) is 0 Å². The Bertz CT molecular complexity index is 482. The van der Waals surface area contributed by atoms with Crippen molar-refractivity contribution in [2.24, 2.45) is 0 Å². The first-order valence-corrected chi connectivity index (χ1v) is 6.71. The highest BCUT2D eigenvalue weighted by Gasteiger charge is 2.21. The molecule has 1 aliphatic rings. The molecular formula is C14H18F2N2O2. The van der Waals surface area contributed by atoms with E-state index in [-0.39, 0.29) is 6.03 Å². The summed E-state index contributed by atoms with van der Waals surface area (Å²) in [7, 11) is 0. The maximum atomic E-state index is 13.0. The minimum Gasteiger partial charge on any atom is -0.391 e. The molecule has 0 radical (unpaired) electrons. The summed E-state index contributed by atoms with van der Waals surface area (Å²) in [5.41, 5.74) is 0.628. The van der Waals surface area contributed by atoms with Crippen molar-refractivity contribution in [1.82, 2.24) is 10.2 Å². The van der Waals surface area contributed by atoms with Gasteiger partial charge in [0.05, 0.1) is 6.10 Å². The molecule has 4 nitrogen and oxygen atoms in total. The lowest BCUT2D eigenvalue weighted by atomic mass is 10.1. The second-order valence-electron chi connectivity index (χ2n) is 4.97. The Labute approximate surface area is 116 Å². The standard InChI is InChI=1S/C14H18F2N2O2/c15-12-4-3-10(8-13(12)16)5-6-17-14(20)18-7-1-2-11(19)9-18/h3-4,8,11,19H,1-2,5-7,9H2,(H,17,20)/t11-/m1/s1. The Morgan fingerprint density at radius 2 is 2.20 bits per heavy atom. The number of rotatable bonds is 3. The van der Waals surface area contributed by atoms with Gasteiger partial charge in [0.1, 0.15) is 0 Å². The quantitative estimate of drug-likeness (QED) is 0.887. The van der Waals surface area contributed by atoms with Gasteiger partial charge in [-0.25, -0.2) is 13.6 Å². The molecule has 0 bridgehead atoms. The van der Waals surface area contributed by atoms with Gasteiger partial charge in [0.2, 0.25) is 0 Å². The van der Waals surface area contributed by atoms with Gasteiger partial charge < -0.3 is 15.3 Å². The molecule has 0 saturated carbocycles. The van der Waals surface area contributed by atoms with Crippen LogP contribution in [0.1, 0.15) is 18.4 Å². The van der Waals surface area contributed by atoms with E-state index < -0.39 is 17.7 Å². The number of carbonyl (C=O) groups excluding carboxylic acids is 1. The number of nitrogens with zero attached hydrogens (tertiary/aromatic N) is 1. The maximum Gasteiger partial charge on any atom is 0.317 e. The number of aliphatic hydroxyl groups excluding tert-OH is 1. The van der Waals surface area contributed by atoms with E-state index in [9.17, 15) is 18.7 Å². The highest BCUT2D eigenvalue weighted by atomic mass is 19.2. The topological polar surface area (TPSA) is 52.6 Å². The molecule has 6 heteroatoms. The van der Waals surface area contributed by atoms with Crippen molar-refractivity contribution < 1.29 is 18.7 Å². The molecule has 1 atom stereocenters. The maximum absolute atomic E-state index is 13.0. The molecule has 2 amide bonds. The van der Waals surface area contributed by atoms with Gasteiger partial charge in [0, 0.05) is 19.6 Å². The molecule has 0 aliphatic carbocycles. The third-order valence-electron chi connectivity index (χ3n) is 3.36. The summed E-state index contributed by atoms with van der Waals surface area (Å²) in [6, 6.07) is 3.47. The van der Waals surface area contributed by atoms with Crippen LogP contribution >= 0.6 is 0 Å². The van der Waals surface area contributed by atoms with Gasteiger partial charge in [-0.1, -0.05) is 6.07 Å². The second-order valence-corrected chi connectivity index (χ2v) is 4.97. The third-order valence-corrected chi connectivity index (χ3v) is 3.36. The first kappa shape index (κ1) is 14.7. The average Bonchev–Trinajstić information content (AvgIpc) is 2.42. The summed E-state index contributed by atoms with van der Waals surface area (Å²) in [4.78, 5) is 13.4. The van der Waals surface area contributed by atoms with E-state index in [2.05, 4.69) is 5.32 Å². The molecule has 1 aromatic carbocycles. The fraction of sp³-hybridized carbons (Fsp3) is 0.500. The molecular weight excluding hydrogens is 266 g/mol. The van der Waals surface area contributed by atoms with E-state index in [0.29, 0.717) is 31.6 Å². The van der Waals surface area contributed by atoms with Crippen LogP contribution in [-0.4, -0.2) is 41.8 Å². The smallest absolute Gasteiger partial charge is 0.317 e. The van der Waals surface area contributed by atoms with Gasteiger partial charge >= 0.3 is 6.03 Å². The molecule has 1 heterocycles. The zero-order chi connectivity index (χ0) is 14.5. The Morgan fingerprint density at radius 1 is 1.40 bits per heavy atom. The molecule has 0 spiro atoms. The van der Waals surface area contributed by atoms with E-state index in [1.165, 1.54) is 6.07 Å². The molecule has 2 rings (SSSR count). The fourth-order valence-electron chi connectivity index (χ4n) is 2.26. The number of amides is 2. The van der Waals surface area contributed by atoms with Crippen LogP contribution in [0.4, 0.5) is 13.6 Å². The molecule has 110 valence electrons. The van der Waals surface area contributed by atoms with Crippen LogP contribution in [0, 0.1) is 11.6 Å². The summed E-state index contributed by atoms with van der Waals surface area (Å²) in [5.74, 6) is -1.76.